The number of carbonyl (C=O) groups excluding carboxylic acids is 3. The summed E-state index contributed by atoms with van der Waals surface area (Å²) in [5.74, 6) is 0.472. The number of phenolic OH excluding ortho intramolecular Hbond substituents is 1. The highest BCUT2D eigenvalue weighted by Crippen LogP contribution is 2.36. The highest BCUT2D eigenvalue weighted by Gasteiger charge is 2.36. The molecule has 0 atom stereocenters. The van der Waals surface area contributed by atoms with E-state index in [1.807, 2.05) is 60.7 Å². The molecular formula is C36H39N7O4. The van der Waals surface area contributed by atoms with Crippen LogP contribution in [0.15, 0.2) is 85.2 Å². The molecule has 4 aromatic rings. The monoisotopic (exact) mass is 633 g/mol. The first-order valence-corrected chi connectivity index (χ1v) is 16.1. The Morgan fingerprint density at radius 3 is 2.30 bits per heavy atom. The van der Waals surface area contributed by atoms with Crippen LogP contribution in [0.2, 0.25) is 0 Å². The lowest BCUT2D eigenvalue weighted by atomic mass is 9.74. The fourth-order valence-corrected chi connectivity index (χ4v) is 6.49. The van der Waals surface area contributed by atoms with Gasteiger partial charge in [0.25, 0.3) is 0 Å². The quantitative estimate of drug-likeness (QED) is 0.260. The van der Waals surface area contributed by atoms with Gasteiger partial charge in [0, 0.05) is 43.2 Å². The second-order valence-electron chi connectivity index (χ2n) is 12.2. The first kappa shape index (κ1) is 31.8. The van der Waals surface area contributed by atoms with E-state index in [-0.39, 0.29) is 17.7 Å². The first-order valence-electron chi connectivity index (χ1n) is 16.1. The number of phenols is 1. The molecule has 0 bridgehead atoms. The minimum Gasteiger partial charge on any atom is -0.507 e. The van der Waals surface area contributed by atoms with Crippen molar-refractivity contribution in [2.24, 2.45) is 0 Å². The van der Waals surface area contributed by atoms with Crippen LogP contribution in [0.25, 0.3) is 11.3 Å². The number of nitrogens with zero attached hydrogens (tertiary/aromatic N) is 5. The Balaban J connectivity index is 0.000000172. The van der Waals surface area contributed by atoms with Crippen molar-refractivity contribution < 1.29 is 19.5 Å². The van der Waals surface area contributed by atoms with Crippen LogP contribution in [0, 0.1) is 0 Å². The van der Waals surface area contributed by atoms with Crippen molar-refractivity contribution in [3.63, 3.8) is 0 Å². The largest absolute Gasteiger partial charge is 0.507 e. The number of urea groups is 1. The molecule has 3 saturated heterocycles. The van der Waals surface area contributed by atoms with E-state index in [0.717, 1.165) is 80.8 Å². The van der Waals surface area contributed by atoms with Gasteiger partial charge in [-0.1, -0.05) is 42.5 Å². The maximum Gasteiger partial charge on any atom is 0.328 e. The smallest absolute Gasteiger partial charge is 0.328 e. The minimum atomic E-state index is -0.418. The number of aromatic nitrogens is 3. The van der Waals surface area contributed by atoms with Gasteiger partial charge in [0.2, 0.25) is 5.91 Å². The summed E-state index contributed by atoms with van der Waals surface area (Å²) in [6.45, 7) is 4.01. The second-order valence-corrected chi connectivity index (χ2v) is 12.2. The average Bonchev–Trinajstić information content (AvgIpc) is 3.13. The van der Waals surface area contributed by atoms with Crippen LogP contribution in [-0.2, 0) is 15.0 Å². The molecule has 0 radical (unpaired) electrons. The lowest BCUT2D eigenvalue weighted by Gasteiger charge is -2.39. The summed E-state index contributed by atoms with van der Waals surface area (Å²) in [4.78, 5) is 43.1. The van der Waals surface area contributed by atoms with Gasteiger partial charge >= 0.3 is 6.03 Å². The normalized spacial score (nSPS) is 18.1. The molecule has 3 aliphatic heterocycles. The van der Waals surface area contributed by atoms with Crippen molar-refractivity contribution in [2.75, 3.05) is 42.5 Å². The average molecular weight is 634 g/mol. The molecule has 242 valence electrons. The summed E-state index contributed by atoms with van der Waals surface area (Å²) in [7, 11) is 0. The van der Waals surface area contributed by atoms with Crippen LogP contribution in [0.4, 0.5) is 16.2 Å². The molecule has 47 heavy (non-hydrogen) atoms. The van der Waals surface area contributed by atoms with Gasteiger partial charge in [-0.2, -0.15) is 10.2 Å². The fourth-order valence-electron chi connectivity index (χ4n) is 6.49. The first-order chi connectivity index (χ1) is 23.0. The van der Waals surface area contributed by atoms with Crippen molar-refractivity contribution in [1.29, 1.82) is 0 Å². The highest BCUT2D eigenvalue weighted by molar-refractivity contribution is 6.05. The van der Waals surface area contributed by atoms with Gasteiger partial charge in [-0.25, -0.2) is 4.79 Å². The Hall–Kier alpha value is -5.16. The van der Waals surface area contributed by atoms with Gasteiger partial charge in [-0.15, -0.1) is 0 Å². The number of piperidine rings is 2. The Morgan fingerprint density at radius 2 is 1.62 bits per heavy atom. The van der Waals surface area contributed by atoms with Crippen LogP contribution in [0.1, 0.15) is 49.3 Å². The molecule has 3 amide bonds. The predicted molar refractivity (Wildman–Crippen MR) is 179 cm³/mol. The lowest BCUT2D eigenvalue weighted by molar-refractivity contribution is -0.120. The molecule has 11 nitrogen and oxygen atoms in total. The molecule has 0 aliphatic carbocycles. The zero-order valence-corrected chi connectivity index (χ0v) is 26.2. The Kier molecular flexibility index (Phi) is 9.82. The van der Waals surface area contributed by atoms with Gasteiger partial charge in [0.1, 0.15) is 12.0 Å². The molecular weight excluding hydrogens is 594 g/mol. The van der Waals surface area contributed by atoms with Gasteiger partial charge < -0.3 is 20.1 Å². The topological polar surface area (TPSA) is 141 Å². The summed E-state index contributed by atoms with van der Waals surface area (Å²) < 4.78 is 0. The van der Waals surface area contributed by atoms with Crippen molar-refractivity contribution in [3.05, 3.63) is 96.4 Å². The maximum atomic E-state index is 11.9. The predicted octanol–water partition coefficient (Wildman–Crippen LogP) is 4.58. The van der Waals surface area contributed by atoms with Crippen molar-refractivity contribution in [1.82, 2.24) is 25.8 Å². The summed E-state index contributed by atoms with van der Waals surface area (Å²) in [5, 5.41) is 24.0. The van der Waals surface area contributed by atoms with E-state index < -0.39 is 5.41 Å². The number of imide groups is 1. The number of amides is 3. The SMILES string of the molecule is O=C1CCN(c2ccc(C3CCNCC3)nc2)C(=O)N1.O=CC1(c2ccccc2)CCN(c2cnnc(-c3ccccc3O)c2)CC1. The number of nitrogens with one attached hydrogen (secondary N) is 2. The Morgan fingerprint density at radius 1 is 0.872 bits per heavy atom. The third-order valence-electron chi connectivity index (χ3n) is 9.31. The van der Waals surface area contributed by atoms with Crippen molar-refractivity contribution in [2.45, 2.75) is 43.4 Å². The number of pyridine rings is 1. The van der Waals surface area contributed by atoms with E-state index in [1.54, 1.807) is 29.4 Å². The molecule has 3 aliphatic rings. The molecule has 0 spiro atoms. The zero-order valence-electron chi connectivity index (χ0n) is 26.2. The van der Waals surface area contributed by atoms with Gasteiger partial charge in [-0.3, -0.25) is 20.0 Å². The van der Waals surface area contributed by atoms with E-state index in [1.165, 1.54) is 0 Å². The summed E-state index contributed by atoms with van der Waals surface area (Å²) in [5.41, 5.74) is 4.75. The molecule has 0 saturated carbocycles. The number of aldehydes is 1. The summed E-state index contributed by atoms with van der Waals surface area (Å²) >= 11 is 0. The van der Waals surface area contributed by atoms with E-state index in [2.05, 4.69) is 30.7 Å². The minimum absolute atomic E-state index is 0.187. The van der Waals surface area contributed by atoms with Crippen molar-refractivity contribution in [3.8, 4) is 17.0 Å². The number of hydrogen-bond donors (Lipinski definition) is 3. The Bertz CT molecular complexity index is 1690. The van der Waals surface area contributed by atoms with E-state index >= 15 is 0 Å². The lowest BCUT2D eigenvalue weighted by Crippen LogP contribution is -2.49. The number of anilines is 2. The highest BCUT2D eigenvalue weighted by atomic mass is 16.3. The third-order valence-corrected chi connectivity index (χ3v) is 9.31. The number of para-hydroxylation sites is 1. The molecule has 3 N–H and O–H groups in total. The Labute approximate surface area is 274 Å². The standard InChI is InChI=1S/C22H21N3O2.C14H18N4O2/c26-16-22(17-6-2-1-3-7-17)10-12-25(13-11-22)18-14-20(24-23-15-18)19-8-4-5-9-21(19)27;19-13-5-8-18(14(20)17-13)11-1-2-12(16-9-11)10-3-6-15-7-4-10/h1-9,14-16,27H,10-13H2;1-2,9-10,15H,3-8H2,(H,17,19,20). The number of benzene rings is 2. The number of hydrogen-bond acceptors (Lipinski definition) is 9. The van der Waals surface area contributed by atoms with Crippen LogP contribution in [-0.4, -0.2) is 71.2 Å². The van der Waals surface area contributed by atoms with Gasteiger partial charge in [-0.05, 0) is 74.7 Å². The fraction of sp³-hybridized carbons (Fsp3) is 0.333. The molecule has 0 unspecified atom stereocenters. The van der Waals surface area contributed by atoms with Crippen LogP contribution < -0.4 is 20.4 Å². The number of aromatic hydroxyl groups is 1. The molecule has 5 heterocycles. The zero-order chi connectivity index (χ0) is 32.6. The van der Waals surface area contributed by atoms with E-state index in [0.29, 0.717) is 30.1 Å². The van der Waals surface area contributed by atoms with Crippen LogP contribution >= 0.6 is 0 Å². The van der Waals surface area contributed by atoms with Crippen LogP contribution in [0.5, 0.6) is 5.75 Å². The number of rotatable bonds is 6. The summed E-state index contributed by atoms with van der Waals surface area (Å²) in [6, 6.07) is 22.6. The van der Waals surface area contributed by atoms with E-state index in [4.69, 9.17) is 0 Å². The molecule has 7 rings (SSSR count). The van der Waals surface area contributed by atoms with Crippen molar-refractivity contribution >= 4 is 29.6 Å². The molecule has 3 fully saturated rings. The van der Waals surface area contributed by atoms with Gasteiger partial charge in [0.05, 0.1) is 34.9 Å². The summed E-state index contributed by atoms with van der Waals surface area (Å²) in [6.07, 6.45) is 8.63. The second kappa shape index (κ2) is 14.5. The number of carbonyl (C=O) groups is 3. The third kappa shape index (κ3) is 7.30. The van der Waals surface area contributed by atoms with E-state index in [9.17, 15) is 19.5 Å². The molecule has 2 aromatic carbocycles. The molecule has 11 heteroatoms. The molecule has 2 aromatic heterocycles. The van der Waals surface area contributed by atoms with Gasteiger partial charge in [0.15, 0.2) is 0 Å². The van der Waals surface area contributed by atoms with Crippen LogP contribution in [0.3, 0.4) is 0 Å². The maximum absolute atomic E-state index is 11.9.